The lowest BCUT2D eigenvalue weighted by atomic mass is 10.0. The third-order valence-electron chi connectivity index (χ3n) is 0.158. The molecule has 0 saturated carbocycles. The Bertz CT molecular complexity index is 20.0. The smallest absolute Gasteiger partial charge is 0.481 e. The first-order valence-electron chi connectivity index (χ1n) is 1.43. The van der Waals surface area contributed by atoms with Gasteiger partial charge < -0.3 is 5.64 Å². The Labute approximate surface area is 25.8 Å². The molecule has 0 fully saturated rings. The predicted octanol–water partition coefficient (Wildman–Crippen LogP) is -2.98. The molecule has 3 heteroatoms. The zero-order valence-corrected chi connectivity index (χ0v) is 2.65. The van der Waals surface area contributed by atoms with Crippen molar-refractivity contribution >= 4 is 13.5 Å². The minimum Gasteiger partial charge on any atom is -0.500 e. The molecule has 0 amide bonds. The van der Waals surface area contributed by atoms with Gasteiger partial charge in [0, 0.05) is 0 Å². The average molecular weight is 55.9 g/mol. The van der Waals surface area contributed by atoms with Gasteiger partial charge >= 0.3 is 7.41 Å². The van der Waals surface area contributed by atoms with Crippen LogP contribution in [-0.4, -0.2) is 13.5 Å². The van der Waals surface area contributed by atoms with E-state index in [4.69, 9.17) is 5.41 Å². The van der Waals surface area contributed by atoms with Crippen molar-refractivity contribution in [2.75, 3.05) is 0 Å². The van der Waals surface area contributed by atoms with Gasteiger partial charge in [-0.3, -0.25) is 0 Å². The molecule has 0 unspecified atom stereocenters. The summed E-state index contributed by atoms with van der Waals surface area (Å²) in [6, 6.07) is 0. The largest absolute Gasteiger partial charge is 0.500 e. The summed E-state index contributed by atoms with van der Waals surface area (Å²) in [7, 11) is -0.431. The van der Waals surface area contributed by atoms with Gasteiger partial charge in [-0.05, 0) is 0 Å². The SMILES string of the molecule is [N]=[C+][BH2-][NH3+]. The number of nitrogens with zero attached hydrogens (tertiary/aromatic N) is 1. The fourth-order valence-corrected chi connectivity index (χ4v) is 0. The van der Waals surface area contributed by atoms with Gasteiger partial charge in [-0.25, -0.2) is 0 Å². The van der Waals surface area contributed by atoms with Crippen molar-refractivity contribution in [2.45, 2.75) is 0 Å². The van der Waals surface area contributed by atoms with E-state index in [9.17, 15) is 0 Å². The molecule has 0 saturated heterocycles. The second-order valence-corrected chi connectivity index (χ2v) is 0.577. The summed E-state index contributed by atoms with van der Waals surface area (Å²) in [5.41, 5.74) is 3.37. The summed E-state index contributed by atoms with van der Waals surface area (Å²) >= 11 is 0. The second kappa shape index (κ2) is 2.60. The van der Waals surface area contributed by atoms with Gasteiger partial charge in [-0.2, -0.15) is 0 Å². The lowest BCUT2D eigenvalue weighted by Gasteiger charge is -1.41. The molecule has 0 aliphatic carbocycles. The summed E-state index contributed by atoms with van der Waals surface area (Å²) < 4.78 is 0. The third kappa shape index (κ3) is 1.60. The van der Waals surface area contributed by atoms with Gasteiger partial charge in [0.25, 0.3) is 0 Å². The molecule has 0 rings (SSSR count). The minimum absolute atomic E-state index is 0.431. The van der Waals surface area contributed by atoms with Crippen molar-refractivity contribution in [2.24, 2.45) is 0 Å². The quantitative estimate of drug-likeness (QED) is 0.189. The highest BCUT2D eigenvalue weighted by Gasteiger charge is 1.74. The zero-order valence-electron chi connectivity index (χ0n) is 2.65. The Morgan fingerprint density at radius 2 is 2.25 bits per heavy atom. The fraction of sp³-hybridized carbons (Fsp3) is 0. The summed E-state index contributed by atoms with van der Waals surface area (Å²) in [6.45, 7) is 0. The first-order valence-corrected chi connectivity index (χ1v) is 1.43. The molecule has 3 N–H and O–H groups in total. The maximum absolute atomic E-state index is 7.62. The Hall–Kier alpha value is -0.395. The summed E-state index contributed by atoms with van der Waals surface area (Å²) in [6.07, 6.45) is 1.94. The maximum Gasteiger partial charge on any atom is 0.481 e. The normalized spacial score (nSPS) is 5.25. The van der Waals surface area contributed by atoms with E-state index in [0.29, 0.717) is 0 Å². The van der Waals surface area contributed by atoms with Crippen molar-refractivity contribution in [1.29, 1.82) is 0 Å². The van der Waals surface area contributed by atoms with E-state index < -0.39 is 7.41 Å². The molecule has 1 radical (unpaired) electrons. The summed E-state index contributed by atoms with van der Waals surface area (Å²) in [5.74, 6) is 0. The van der Waals surface area contributed by atoms with Gasteiger partial charge in [0.2, 0.25) is 0 Å². The molecule has 0 aliphatic heterocycles. The fourth-order valence-electron chi connectivity index (χ4n) is 0. The van der Waals surface area contributed by atoms with Crippen molar-refractivity contribution < 1.29 is 5.64 Å². The third-order valence-corrected chi connectivity index (χ3v) is 0.158. The molecule has 0 aromatic carbocycles. The first-order chi connectivity index (χ1) is 1.91. The van der Waals surface area contributed by atoms with Crippen LogP contribution in [-0.2, 0) is 0 Å². The van der Waals surface area contributed by atoms with E-state index in [0.717, 1.165) is 0 Å². The van der Waals surface area contributed by atoms with Crippen LogP contribution in [0.5, 0.6) is 0 Å². The van der Waals surface area contributed by atoms with E-state index in [1.807, 2.05) is 6.11 Å². The summed E-state index contributed by atoms with van der Waals surface area (Å²) in [5, 5.41) is 7.62. The van der Waals surface area contributed by atoms with Crippen LogP contribution in [0.4, 0.5) is 0 Å². The number of hydrogen-bond donors (Lipinski definition) is 1. The zero-order chi connectivity index (χ0) is 3.41. The highest BCUT2D eigenvalue weighted by atomic mass is 14.4. The molecule has 0 bridgehead atoms. The maximum atomic E-state index is 7.62. The van der Waals surface area contributed by atoms with Crippen molar-refractivity contribution in [3.8, 4) is 0 Å². The van der Waals surface area contributed by atoms with Gasteiger partial charge in [0.05, 0.1) is 0 Å². The Morgan fingerprint density at radius 3 is 2.25 bits per heavy atom. The van der Waals surface area contributed by atoms with Crippen LogP contribution in [0.25, 0.3) is 0 Å². The van der Waals surface area contributed by atoms with Crippen LogP contribution < -0.4 is 11.1 Å². The molecule has 0 aliphatic rings. The molecule has 21 valence electrons. The predicted molar refractivity (Wildman–Crippen MR) is 18.6 cm³/mol. The molecule has 4 heavy (non-hydrogen) atoms. The number of quaternary nitrogens is 1. The molecule has 0 heterocycles. The lowest BCUT2D eigenvalue weighted by Crippen LogP contribution is -2.55. The van der Waals surface area contributed by atoms with Crippen LogP contribution in [0, 0.1) is 0 Å². The van der Waals surface area contributed by atoms with Crippen molar-refractivity contribution in [3.05, 3.63) is 0 Å². The van der Waals surface area contributed by atoms with E-state index in [-0.39, 0.29) is 0 Å². The van der Waals surface area contributed by atoms with E-state index in [2.05, 4.69) is 5.64 Å². The average Bonchev–Trinajstić information content (AvgIpc) is 1.37. The molecule has 0 atom stereocenters. The number of rotatable bonds is 1. The van der Waals surface area contributed by atoms with E-state index >= 15 is 0 Å². The molecule has 2 nitrogen and oxygen atoms in total. The van der Waals surface area contributed by atoms with Crippen LogP contribution in [0.15, 0.2) is 0 Å². The molecular weight excluding hydrogens is 50.8 g/mol. The van der Waals surface area contributed by atoms with Crippen LogP contribution in [0.1, 0.15) is 0 Å². The molecule has 0 aromatic rings. The monoisotopic (exact) mass is 56.1 g/mol. The van der Waals surface area contributed by atoms with Crippen molar-refractivity contribution in [1.82, 2.24) is 5.41 Å². The van der Waals surface area contributed by atoms with Crippen LogP contribution >= 0.6 is 0 Å². The van der Waals surface area contributed by atoms with Crippen molar-refractivity contribution in [3.63, 3.8) is 0 Å². The topological polar surface area (TPSA) is 49.9 Å². The van der Waals surface area contributed by atoms with Gasteiger partial charge in [-0.15, -0.1) is 0 Å². The van der Waals surface area contributed by atoms with Gasteiger partial charge in [0.15, 0.2) is 6.11 Å². The highest BCUT2D eigenvalue weighted by molar-refractivity contribution is 6.59. The van der Waals surface area contributed by atoms with E-state index in [1.165, 1.54) is 0 Å². The highest BCUT2D eigenvalue weighted by Crippen LogP contribution is 1.01. The van der Waals surface area contributed by atoms with Crippen LogP contribution in [0.3, 0.4) is 0 Å². The lowest BCUT2D eigenvalue weighted by molar-refractivity contribution is -0.175. The van der Waals surface area contributed by atoms with Gasteiger partial charge in [-0.1, -0.05) is 0 Å². The molecule has 0 spiro atoms. The number of hydrogen-bond acceptors (Lipinski definition) is 0. The summed E-state index contributed by atoms with van der Waals surface area (Å²) in [4.78, 5) is 0. The Kier molecular flexibility index (Phi) is 2.35. The van der Waals surface area contributed by atoms with Gasteiger partial charge in [0.1, 0.15) is 5.41 Å². The van der Waals surface area contributed by atoms with E-state index in [1.54, 1.807) is 0 Å². The second-order valence-electron chi connectivity index (χ2n) is 0.577. The Morgan fingerprint density at radius 1 is 2.00 bits per heavy atom. The minimum atomic E-state index is -0.431. The molecular formula is CH5BN2+. The van der Waals surface area contributed by atoms with Crippen LogP contribution in [0.2, 0.25) is 0 Å². The molecule has 0 aromatic heterocycles. The first kappa shape index (κ1) is 3.60. The Balaban J connectivity index is 2.30. The standard InChI is InChI=1S/CH5BN2/c3-1-2-4/h2H2,4H3/q+1.